The lowest BCUT2D eigenvalue weighted by molar-refractivity contribution is 0.0236. The molecule has 0 aromatic carbocycles. The van der Waals surface area contributed by atoms with Gasteiger partial charge in [0.2, 0.25) is 0 Å². The van der Waals surface area contributed by atoms with Crippen LogP contribution in [0.1, 0.15) is 26.2 Å². The Hall–Kier alpha value is -0.120. The minimum Gasteiger partial charge on any atom is -0.378 e. The van der Waals surface area contributed by atoms with Crippen molar-refractivity contribution in [1.29, 1.82) is 0 Å². The standard InChI is InChI=1S/C9H20N2O/c1-8-7-9(3-5-11-8)12-6-2-4-10/h8-9,11H,2-7,10H2,1H3. The molecule has 3 heteroatoms. The van der Waals surface area contributed by atoms with Crippen molar-refractivity contribution in [2.24, 2.45) is 5.73 Å². The molecule has 0 saturated carbocycles. The number of piperidine rings is 1. The van der Waals surface area contributed by atoms with Crippen molar-refractivity contribution < 1.29 is 4.74 Å². The number of nitrogens with one attached hydrogen (secondary N) is 1. The molecule has 0 spiro atoms. The van der Waals surface area contributed by atoms with E-state index < -0.39 is 0 Å². The second-order valence-corrected chi connectivity index (χ2v) is 3.51. The first-order chi connectivity index (χ1) is 5.83. The molecule has 3 nitrogen and oxygen atoms in total. The van der Waals surface area contributed by atoms with Crippen LogP contribution in [-0.2, 0) is 4.74 Å². The Morgan fingerprint density at radius 2 is 2.42 bits per heavy atom. The first-order valence-electron chi connectivity index (χ1n) is 4.88. The summed E-state index contributed by atoms with van der Waals surface area (Å²) in [5, 5.41) is 3.40. The molecular weight excluding hydrogens is 152 g/mol. The maximum Gasteiger partial charge on any atom is 0.0602 e. The van der Waals surface area contributed by atoms with Crippen molar-refractivity contribution in [3.63, 3.8) is 0 Å². The molecule has 0 aromatic heterocycles. The van der Waals surface area contributed by atoms with Gasteiger partial charge in [0, 0.05) is 12.6 Å². The summed E-state index contributed by atoms with van der Waals surface area (Å²) in [7, 11) is 0. The average Bonchev–Trinajstić information content (AvgIpc) is 2.05. The van der Waals surface area contributed by atoms with Crippen LogP contribution >= 0.6 is 0 Å². The van der Waals surface area contributed by atoms with E-state index in [-0.39, 0.29) is 0 Å². The second kappa shape index (κ2) is 5.51. The molecule has 0 bridgehead atoms. The van der Waals surface area contributed by atoms with E-state index in [0.29, 0.717) is 12.1 Å². The fourth-order valence-electron chi connectivity index (χ4n) is 1.57. The number of rotatable bonds is 4. The Bertz CT molecular complexity index is 119. The number of hydrogen-bond donors (Lipinski definition) is 2. The topological polar surface area (TPSA) is 47.3 Å². The van der Waals surface area contributed by atoms with Crippen LogP contribution < -0.4 is 11.1 Å². The van der Waals surface area contributed by atoms with Crippen LogP contribution in [0.2, 0.25) is 0 Å². The normalized spacial score (nSPS) is 30.5. The van der Waals surface area contributed by atoms with Crippen LogP contribution in [0.3, 0.4) is 0 Å². The van der Waals surface area contributed by atoms with E-state index in [2.05, 4.69) is 12.2 Å². The summed E-state index contributed by atoms with van der Waals surface area (Å²) in [5.74, 6) is 0. The van der Waals surface area contributed by atoms with Gasteiger partial charge in [-0.1, -0.05) is 0 Å². The maximum atomic E-state index is 5.67. The summed E-state index contributed by atoms with van der Waals surface area (Å²) in [6.07, 6.45) is 3.74. The van der Waals surface area contributed by atoms with Gasteiger partial charge in [-0.05, 0) is 39.3 Å². The summed E-state index contributed by atoms with van der Waals surface area (Å²) in [5.41, 5.74) is 5.38. The zero-order chi connectivity index (χ0) is 8.81. The van der Waals surface area contributed by atoms with Crippen molar-refractivity contribution in [2.45, 2.75) is 38.3 Å². The molecule has 1 heterocycles. The van der Waals surface area contributed by atoms with Gasteiger partial charge in [0.1, 0.15) is 0 Å². The van der Waals surface area contributed by atoms with Gasteiger partial charge >= 0.3 is 0 Å². The summed E-state index contributed by atoms with van der Waals surface area (Å²) >= 11 is 0. The van der Waals surface area contributed by atoms with Crippen molar-refractivity contribution >= 4 is 0 Å². The Morgan fingerprint density at radius 1 is 1.58 bits per heavy atom. The fraction of sp³-hybridized carbons (Fsp3) is 1.00. The van der Waals surface area contributed by atoms with Gasteiger partial charge in [0.05, 0.1) is 6.10 Å². The van der Waals surface area contributed by atoms with Crippen LogP contribution in [0.25, 0.3) is 0 Å². The number of hydrogen-bond acceptors (Lipinski definition) is 3. The van der Waals surface area contributed by atoms with E-state index in [1.807, 2.05) is 0 Å². The Balaban J connectivity index is 2.06. The van der Waals surface area contributed by atoms with Crippen LogP contribution in [0.4, 0.5) is 0 Å². The first-order valence-corrected chi connectivity index (χ1v) is 4.88. The predicted molar refractivity (Wildman–Crippen MR) is 50.1 cm³/mol. The third-order valence-electron chi connectivity index (χ3n) is 2.28. The molecule has 2 unspecified atom stereocenters. The molecule has 0 aliphatic carbocycles. The quantitative estimate of drug-likeness (QED) is 0.607. The summed E-state index contributed by atoms with van der Waals surface area (Å²) in [4.78, 5) is 0. The van der Waals surface area contributed by atoms with E-state index in [9.17, 15) is 0 Å². The van der Waals surface area contributed by atoms with Crippen molar-refractivity contribution in [3.05, 3.63) is 0 Å². The molecule has 3 N–H and O–H groups in total. The van der Waals surface area contributed by atoms with E-state index >= 15 is 0 Å². The molecular formula is C9H20N2O. The van der Waals surface area contributed by atoms with Gasteiger partial charge in [-0.15, -0.1) is 0 Å². The highest BCUT2D eigenvalue weighted by Gasteiger charge is 2.17. The molecule has 12 heavy (non-hydrogen) atoms. The second-order valence-electron chi connectivity index (χ2n) is 3.51. The number of nitrogens with two attached hydrogens (primary N) is 1. The third kappa shape index (κ3) is 3.52. The average molecular weight is 172 g/mol. The van der Waals surface area contributed by atoms with E-state index in [0.717, 1.165) is 39.0 Å². The first kappa shape index (κ1) is 9.96. The van der Waals surface area contributed by atoms with Crippen LogP contribution in [0, 0.1) is 0 Å². The summed E-state index contributed by atoms with van der Waals surface area (Å²) < 4.78 is 5.67. The molecule has 1 saturated heterocycles. The zero-order valence-corrected chi connectivity index (χ0v) is 7.88. The maximum absolute atomic E-state index is 5.67. The minimum absolute atomic E-state index is 0.466. The van der Waals surface area contributed by atoms with Crippen LogP contribution in [0.15, 0.2) is 0 Å². The molecule has 2 atom stereocenters. The molecule has 72 valence electrons. The van der Waals surface area contributed by atoms with Crippen molar-refractivity contribution in [2.75, 3.05) is 19.7 Å². The largest absolute Gasteiger partial charge is 0.378 e. The van der Waals surface area contributed by atoms with Crippen molar-refractivity contribution in [1.82, 2.24) is 5.32 Å². The van der Waals surface area contributed by atoms with Gasteiger partial charge in [0.15, 0.2) is 0 Å². The van der Waals surface area contributed by atoms with Gasteiger partial charge in [0.25, 0.3) is 0 Å². The molecule has 0 amide bonds. The molecule has 0 aromatic rings. The Labute approximate surface area is 74.7 Å². The molecule has 1 aliphatic heterocycles. The van der Waals surface area contributed by atoms with Crippen molar-refractivity contribution in [3.8, 4) is 0 Å². The van der Waals surface area contributed by atoms with Gasteiger partial charge in [-0.3, -0.25) is 0 Å². The van der Waals surface area contributed by atoms with Gasteiger partial charge in [-0.25, -0.2) is 0 Å². The molecule has 1 rings (SSSR count). The minimum atomic E-state index is 0.466. The smallest absolute Gasteiger partial charge is 0.0602 e. The van der Waals surface area contributed by atoms with Crippen LogP contribution in [-0.4, -0.2) is 31.8 Å². The lowest BCUT2D eigenvalue weighted by Crippen LogP contribution is -2.39. The van der Waals surface area contributed by atoms with Gasteiger partial charge < -0.3 is 15.8 Å². The zero-order valence-electron chi connectivity index (χ0n) is 7.88. The van der Waals surface area contributed by atoms with E-state index in [4.69, 9.17) is 10.5 Å². The third-order valence-corrected chi connectivity index (χ3v) is 2.28. The lowest BCUT2D eigenvalue weighted by atomic mass is 10.0. The molecule has 0 radical (unpaired) electrons. The SMILES string of the molecule is CC1CC(OCCCN)CCN1. The van der Waals surface area contributed by atoms with Gasteiger partial charge in [-0.2, -0.15) is 0 Å². The summed E-state index contributed by atoms with van der Waals surface area (Å²) in [6, 6.07) is 0.613. The van der Waals surface area contributed by atoms with Crippen LogP contribution in [0.5, 0.6) is 0 Å². The molecule has 1 fully saturated rings. The lowest BCUT2D eigenvalue weighted by Gasteiger charge is -2.27. The fourth-order valence-corrected chi connectivity index (χ4v) is 1.57. The highest BCUT2D eigenvalue weighted by Crippen LogP contribution is 2.11. The number of ether oxygens (including phenoxy) is 1. The highest BCUT2D eigenvalue weighted by atomic mass is 16.5. The Kier molecular flexibility index (Phi) is 4.58. The Morgan fingerprint density at radius 3 is 3.08 bits per heavy atom. The van der Waals surface area contributed by atoms with E-state index in [1.165, 1.54) is 0 Å². The monoisotopic (exact) mass is 172 g/mol. The summed E-state index contributed by atoms with van der Waals surface area (Å²) in [6.45, 7) is 4.86. The predicted octanol–water partition coefficient (Wildman–Crippen LogP) is 0.492. The molecule has 1 aliphatic rings. The highest BCUT2D eigenvalue weighted by molar-refractivity contribution is 4.75. The van der Waals surface area contributed by atoms with E-state index in [1.54, 1.807) is 0 Å².